The molecule has 0 aliphatic carbocycles. The smallest absolute Gasteiger partial charge is 0.220 e. The van der Waals surface area contributed by atoms with Crippen LogP contribution < -0.4 is 5.32 Å². The summed E-state index contributed by atoms with van der Waals surface area (Å²) >= 11 is 0. The first-order chi connectivity index (χ1) is 16.4. The van der Waals surface area contributed by atoms with Gasteiger partial charge in [-0.3, -0.25) is 9.69 Å². The second kappa shape index (κ2) is 10.9. The van der Waals surface area contributed by atoms with Gasteiger partial charge in [0.15, 0.2) is 11.7 Å². The van der Waals surface area contributed by atoms with Gasteiger partial charge in [-0.1, -0.05) is 44.2 Å². The van der Waals surface area contributed by atoms with Crippen LogP contribution in [0, 0.1) is 23.5 Å². The van der Waals surface area contributed by atoms with Gasteiger partial charge in [0.2, 0.25) is 5.91 Å². The maximum absolute atomic E-state index is 13.9. The van der Waals surface area contributed by atoms with E-state index in [1.54, 1.807) is 0 Å². The zero-order valence-electron chi connectivity index (χ0n) is 19.7. The van der Waals surface area contributed by atoms with Gasteiger partial charge in [0.1, 0.15) is 11.6 Å². The van der Waals surface area contributed by atoms with Crippen molar-refractivity contribution in [1.82, 2.24) is 15.2 Å². The van der Waals surface area contributed by atoms with Crippen LogP contribution in [0.5, 0.6) is 0 Å². The van der Waals surface area contributed by atoms with E-state index < -0.39 is 11.6 Å². The zero-order valence-corrected chi connectivity index (χ0v) is 19.7. The number of carbonyl (C=O) groups is 1. The van der Waals surface area contributed by atoms with E-state index in [-0.39, 0.29) is 36.0 Å². The lowest BCUT2D eigenvalue weighted by molar-refractivity contribution is -0.121. The molecule has 0 unspecified atom stereocenters. The van der Waals surface area contributed by atoms with E-state index in [4.69, 9.17) is 4.42 Å². The number of nitrogens with zero attached hydrogens (tertiary/aromatic N) is 2. The number of piperidine rings is 1. The highest BCUT2D eigenvalue weighted by Crippen LogP contribution is 2.27. The van der Waals surface area contributed by atoms with E-state index in [1.165, 1.54) is 24.2 Å². The number of amides is 1. The van der Waals surface area contributed by atoms with Crippen LogP contribution >= 0.6 is 0 Å². The quantitative estimate of drug-likeness (QED) is 0.485. The van der Waals surface area contributed by atoms with Gasteiger partial charge in [0.05, 0.1) is 11.8 Å². The third-order valence-electron chi connectivity index (χ3n) is 6.19. The summed E-state index contributed by atoms with van der Waals surface area (Å²) in [5.41, 5.74) is 2.06. The van der Waals surface area contributed by atoms with Crippen molar-refractivity contribution in [3.63, 3.8) is 0 Å². The van der Waals surface area contributed by atoms with Crippen LogP contribution in [-0.2, 0) is 24.3 Å². The molecule has 1 N–H and O–H groups in total. The molecule has 4 rings (SSSR count). The molecule has 1 saturated heterocycles. The maximum atomic E-state index is 13.9. The number of halogens is 2. The molecule has 1 aliphatic rings. The molecule has 34 heavy (non-hydrogen) atoms. The highest BCUT2D eigenvalue weighted by atomic mass is 19.1. The number of oxazole rings is 1. The average molecular weight is 468 g/mol. The molecule has 1 fully saturated rings. The summed E-state index contributed by atoms with van der Waals surface area (Å²) in [6.07, 6.45) is 2.99. The minimum Gasteiger partial charge on any atom is -0.441 e. The SMILES string of the molecule is C[C@@H]1C[C@H](C)CN(Cc2ccc(CNC(=O)CCc3ncc(-c4c(F)cccc4F)o3)cc2)C1. The first kappa shape index (κ1) is 24.1. The number of nitrogens with one attached hydrogen (secondary N) is 1. The first-order valence-corrected chi connectivity index (χ1v) is 11.8. The van der Waals surface area contributed by atoms with E-state index in [1.807, 2.05) is 0 Å². The van der Waals surface area contributed by atoms with Crippen molar-refractivity contribution in [2.45, 2.75) is 46.2 Å². The maximum Gasteiger partial charge on any atom is 0.220 e. The number of aromatic nitrogens is 1. The van der Waals surface area contributed by atoms with E-state index in [0.717, 1.165) is 49.2 Å². The van der Waals surface area contributed by atoms with Gasteiger partial charge in [-0.15, -0.1) is 0 Å². The number of hydrogen-bond donors (Lipinski definition) is 1. The normalized spacial score (nSPS) is 18.7. The molecular weight excluding hydrogens is 436 g/mol. The van der Waals surface area contributed by atoms with Crippen LogP contribution in [0.1, 0.15) is 43.7 Å². The molecule has 3 aromatic rings. The van der Waals surface area contributed by atoms with Gasteiger partial charge >= 0.3 is 0 Å². The molecule has 2 heterocycles. The van der Waals surface area contributed by atoms with Crippen molar-refractivity contribution < 1.29 is 18.0 Å². The highest BCUT2D eigenvalue weighted by Gasteiger charge is 2.21. The second-order valence-electron chi connectivity index (χ2n) is 9.45. The molecule has 0 bridgehead atoms. The number of benzene rings is 2. The van der Waals surface area contributed by atoms with Gasteiger partial charge in [0, 0.05) is 39.0 Å². The third kappa shape index (κ3) is 6.29. The molecule has 1 amide bonds. The molecular formula is C27H31F2N3O2. The van der Waals surface area contributed by atoms with Crippen LogP contribution in [-0.4, -0.2) is 28.9 Å². The summed E-state index contributed by atoms with van der Waals surface area (Å²) in [5.74, 6) is 0.178. The Hall–Kier alpha value is -3.06. The second-order valence-corrected chi connectivity index (χ2v) is 9.45. The fourth-order valence-corrected chi connectivity index (χ4v) is 4.73. The Kier molecular flexibility index (Phi) is 7.73. The summed E-state index contributed by atoms with van der Waals surface area (Å²) in [4.78, 5) is 18.8. The van der Waals surface area contributed by atoms with Gasteiger partial charge in [0.25, 0.3) is 0 Å². The van der Waals surface area contributed by atoms with Gasteiger partial charge in [-0.2, -0.15) is 0 Å². The van der Waals surface area contributed by atoms with Crippen LogP contribution in [0.4, 0.5) is 8.78 Å². The number of hydrogen-bond acceptors (Lipinski definition) is 4. The van der Waals surface area contributed by atoms with Crippen molar-refractivity contribution in [2.24, 2.45) is 11.8 Å². The topological polar surface area (TPSA) is 58.4 Å². The van der Waals surface area contributed by atoms with Gasteiger partial charge < -0.3 is 9.73 Å². The minimum absolute atomic E-state index is 0.0135. The Balaban J connectivity index is 1.23. The third-order valence-corrected chi connectivity index (χ3v) is 6.19. The summed E-state index contributed by atoms with van der Waals surface area (Å²) < 4.78 is 33.3. The molecule has 1 aliphatic heterocycles. The van der Waals surface area contributed by atoms with Crippen molar-refractivity contribution in [3.8, 4) is 11.3 Å². The number of carbonyl (C=O) groups excluding carboxylic acids is 1. The predicted octanol–water partition coefficient (Wildman–Crippen LogP) is 5.35. The standard InChI is InChI=1S/C27H31F2N3O2/c1-18-12-19(2)16-32(15-18)17-21-8-6-20(7-9-21)13-30-25(33)10-11-26-31-14-24(34-26)27-22(28)4-3-5-23(27)29/h3-9,14,18-19H,10-13,15-17H2,1-2H3,(H,30,33)/t18-,19+. The molecule has 0 radical (unpaired) electrons. The van der Waals surface area contributed by atoms with Crippen molar-refractivity contribution in [3.05, 3.63) is 77.3 Å². The van der Waals surface area contributed by atoms with E-state index in [0.29, 0.717) is 6.54 Å². The summed E-state index contributed by atoms with van der Waals surface area (Å²) in [5, 5.41) is 2.90. The summed E-state index contributed by atoms with van der Waals surface area (Å²) in [6, 6.07) is 12.0. The van der Waals surface area contributed by atoms with Crippen LogP contribution in [0.15, 0.2) is 53.1 Å². The Morgan fingerprint density at radius 2 is 1.71 bits per heavy atom. The van der Waals surface area contributed by atoms with Crippen LogP contribution in [0.25, 0.3) is 11.3 Å². The van der Waals surface area contributed by atoms with Crippen LogP contribution in [0.3, 0.4) is 0 Å². The largest absolute Gasteiger partial charge is 0.441 e. The Morgan fingerprint density at radius 1 is 1.06 bits per heavy atom. The van der Waals surface area contributed by atoms with Gasteiger partial charge in [-0.25, -0.2) is 13.8 Å². The Labute approximate surface area is 199 Å². The first-order valence-electron chi connectivity index (χ1n) is 11.8. The number of rotatable bonds is 8. The van der Waals surface area contributed by atoms with Crippen molar-refractivity contribution in [1.29, 1.82) is 0 Å². The average Bonchev–Trinajstić information content (AvgIpc) is 3.25. The number of likely N-dealkylation sites (tertiary alicyclic amines) is 1. The molecule has 0 saturated carbocycles. The van der Waals surface area contributed by atoms with Gasteiger partial charge in [-0.05, 0) is 41.5 Å². The lowest BCUT2D eigenvalue weighted by Crippen LogP contribution is -2.38. The lowest BCUT2D eigenvalue weighted by Gasteiger charge is -2.35. The molecule has 5 nitrogen and oxygen atoms in total. The van der Waals surface area contributed by atoms with E-state index in [2.05, 4.69) is 53.3 Å². The summed E-state index contributed by atoms with van der Waals surface area (Å²) in [6.45, 7) is 8.31. The van der Waals surface area contributed by atoms with Crippen molar-refractivity contribution >= 4 is 5.91 Å². The van der Waals surface area contributed by atoms with Crippen LogP contribution in [0.2, 0.25) is 0 Å². The fraction of sp³-hybridized carbons (Fsp3) is 0.407. The fourth-order valence-electron chi connectivity index (χ4n) is 4.73. The molecule has 1 aromatic heterocycles. The summed E-state index contributed by atoms with van der Waals surface area (Å²) in [7, 11) is 0. The molecule has 180 valence electrons. The minimum atomic E-state index is -0.716. The Bertz CT molecular complexity index is 1080. The molecule has 7 heteroatoms. The molecule has 0 spiro atoms. The zero-order chi connectivity index (χ0) is 24.1. The molecule has 2 atom stereocenters. The van der Waals surface area contributed by atoms with Crippen molar-refractivity contribution in [2.75, 3.05) is 13.1 Å². The number of aryl methyl sites for hydroxylation is 1. The van der Waals surface area contributed by atoms with E-state index >= 15 is 0 Å². The molecule has 2 aromatic carbocycles. The monoisotopic (exact) mass is 467 g/mol. The lowest BCUT2D eigenvalue weighted by atomic mass is 9.91. The van der Waals surface area contributed by atoms with E-state index in [9.17, 15) is 13.6 Å². The highest BCUT2D eigenvalue weighted by molar-refractivity contribution is 5.76. The predicted molar refractivity (Wildman–Crippen MR) is 127 cm³/mol. The Morgan fingerprint density at radius 3 is 2.38 bits per heavy atom.